The summed E-state index contributed by atoms with van der Waals surface area (Å²) in [5, 5.41) is 12.0. The molecule has 110 valence electrons. The number of rotatable bonds is 4. The average Bonchev–Trinajstić information content (AvgIpc) is 2.49. The summed E-state index contributed by atoms with van der Waals surface area (Å²) in [6.07, 6.45) is 0.761. The Labute approximate surface area is 128 Å². The highest BCUT2D eigenvalue weighted by Gasteiger charge is 2.10. The van der Waals surface area contributed by atoms with Gasteiger partial charge in [0.1, 0.15) is 11.5 Å². The number of halogens is 1. The molecule has 1 aromatic carbocycles. The Morgan fingerprint density at radius 3 is 2.67 bits per heavy atom. The highest BCUT2D eigenvalue weighted by molar-refractivity contribution is 6.32. The minimum Gasteiger partial charge on any atom is -0.454 e. The predicted molar refractivity (Wildman–Crippen MR) is 82.4 cm³/mol. The van der Waals surface area contributed by atoms with Gasteiger partial charge in [0, 0.05) is 11.3 Å². The molecule has 0 amide bonds. The number of benzene rings is 1. The van der Waals surface area contributed by atoms with E-state index in [0.29, 0.717) is 22.1 Å². The van der Waals surface area contributed by atoms with Gasteiger partial charge < -0.3 is 15.7 Å². The molecule has 0 spiro atoms. The first-order valence-electron chi connectivity index (χ1n) is 6.47. The van der Waals surface area contributed by atoms with Crippen LogP contribution in [0, 0.1) is 6.92 Å². The molecule has 5 nitrogen and oxygen atoms in total. The number of aromatic nitrogens is 1. The second kappa shape index (κ2) is 6.45. The van der Waals surface area contributed by atoms with E-state index in [1.165, 1.54) is 0 Å². The Morgan fingerprint density at radius 1 is 1.33 bits per heavy atom. The Morgan fingerprint density at radius 2 is 2.05 bits per heavy atom. The zero-order valence-electron chi connectivity index (χ0n) is 11.8. The molecule has 1 aromatic heterocycles. The molecule has 0 saturated carbocycles. The van der Waals surface area contributed by atoms with Crippen molar-refractivity contribution in [3.8, 4) is 11.5 Å². The molecule has 0 aliphatic carbocycles. The molecule has 21 heavy (non-hydrogen) atoms. The molecule has 0 saturated heterocycles. The highest BCUT2D eigenvalue weighted by Crippen LogP contribution is 2.31. The van der Waals surface area contributed by atoms with E-state index in [-0.39, 0.29) is 5.84 Å². The van der Waals surface area contributed by atoms with E-state index in [1.54, 1.807) is 18.2 Å². The zero-order valence-corrected chi connectivity index (χ0v) is 12.6. The van der Waals surface area contributed by atoms with Crippen LogP contribution in [0.5, 0.6) is 11.5 Å². The number of hydrogen-bond donors (Lipinski definition) is 2. The summed E-state index contributed by atoms with van der Waals surface area (Å²) in [5.74, 6) is 1.16. The summed E-state index contributed by atoms with van der Waals surface area (Å²) >= 11 is 6.17. The summed E-state index contributed by atoms with van der Waals surface area (Å²) in [6.45, 7) is 3.94. The second-order valence-corrected chi connectivity index (χ2v) is 4.89. The number of hydrogen-bond acceptors (Lipinski definition) is 4. The van der Waals surface area contributed by atoms with E-state index in [9.17, 15) is 0 Å². The monoisotopic (exact) mass is 305 g/mol. The van der Waals surface area contributed by atoms with Gasteiger partial charge in [-0.05, 0) is 43.7 Å². The van der Waals surface area contributed by atoms with Crippen LogP contribution in [0.1, 0.15) is 23.9 Å². The van der Waals surface area contributed by atoms with Crippen LogP contribution in [0.3, 0.4) is 0 Å². The highest BCUT2D eigenvalue weighted by atomic mass is 35.5. The van der Waals surface area contributed by atoms with Crippen molar-refractivity contribution in [2.45, 2.75) is 20.3 Å². The number of pyridine rings is 1. The van der Waals surface area contributed by atoms with Crippen molar-refractivity contribution < 1.29 is 9.94 Å². The van der Waals surface area contributed by atoms with E-state index in [1.807, 2.05) is 26.0 Å². The number of aryl methyl sites for hydroxylation is 2. The molecule has 0 atom stereocenters. The molecule has 2 rings (SSSR count). The van der Waals surface area contributed by atoms with Crippen molar-refractivity contribution >= 4 is 17.4 Å². The van der Waals surface area contributed by atoms with E-state index < -0.39 is 0 Å². The lowest BCUT2D eigenvalue weighted by Crippen LogP contribution is -2.12. The van der Waals surface area contributed by atoms with Gasteiger partial charge in [0.2, 0.25) is 0 Å². The Kier molecular flexibility index (Phi) is 4.65. The Bertz CT molecular complexity index is 687. The van der Waals surface area contributed by atoms with E-state index in [0.717, 1.165) is 17.8 Å². The molecule has 6 heteroatoms. The van der Waals surface area contributed by atoms with Crippen LogP contribution in [0.4, 0.5) is 0 Å². The molecule has 0 unspecified atom stereocenters. The third kappa shape index (κ3) is 3.44. The number of nitrogens with two attached hydrogens (primary N) is 1. The fourth-order valence-electron chi connectivity index (χ4n) is 1.86. The molecule has 0 aliphatic rings. The lowest BCUT2D eigenvalue weighted by atomic mass is 10.2. The van der Waals surface area contributed by atoms with Gasteiger partial charge in [-0.15, -0.1) is 0 Å². The maximum Gasteiger partial charge on any atom is 0.170 e. The van der Waals surface area contributed by atoms with Crippen molar-refractivity contribution in [3.05, 3.63) is 52.3 Å². The standard InChI is InChI=1S/C15H16ClN3O2/c1-3-12-14(6-4-9(2)18-12)21-13-7-5-10(8-11(13)16)15(17)19-20/h4-8,20H,3H2,1-2H3,(H2,17,19). The lowest BCUT2D eigenvalue weighted by Gasteiger charge is -2.12. The smallest absolute Gasteiger partial charge is 0.170 e. The summed E-state index contributed by atoms with van der Waals surface area (Å²) in [6, 6.07) is 8.68. The topological polar surface area (TPSA) is 80.7 Å². The first-order valence-corrected chi connectivity index (χ1v) is 6.84. The van der Waals surface area contributed by atoms with Gasteiger partial charge in [-0.2, -0.15) is 0 Å². The van der Waals surface area contributed by atoms with Gasteiger partial charge in [0.15, 0.2) is 5.84 Å². The molecule has 0 radical (unpaired) electrons. The van der Waals surface area contributed by atoms with Crippen LogP contribution < -0.4 is 10.5 Å². The number of oxime groups is 1. The minimum absolute atomic E-state index is 0.00491. The van der Waals surface area contributed by atoms with Crippen LogP contribution in [-0.2, 0) is 6.42 Å². The van der Waals surface area contributed by atoms with Gasteiger partial charge in [-0.3, -0.25) is 4.98 Å². The van der Waals surface area contributed by atoms with Crippen molar-refractivity contribution in [2.24, 2.45) is 10.9 Å². The summed E-state index contributed by atoms with van der Waals surface area (Å²) in [4.78, 5) is 4.44. The van der Waals surface area contributed by atoms with Crippen LogP contribution in [-0.4, -0.2) is 16.0 Å². The first-order chi connectivity index (χ1) is 10.0. The zero-order chi connectivity index (χ0) is 15.4. The summed E-state index contributed by atoms with van der Waals surface area (Å²) in [7, 11) is 0. The lowest BCUT2D eigenvalue weighted by molar-refractivity contribution is 0.318. The third-order valence-corrected chi connectivity index (χ3v) is 3.26. The van der Waals surface area contributed by atoms with Gasteiger partial charge in [0.25, 0.3) is 0 Å². The SMILES string of the molecule is CCc1nc(C)ccc1Oc1ccc(/C(N)=N/O)cc1Cl. The molecule has 2 aromatic rings. The van der Waals surface area contributed by atoms with Gasteiger partial charge >= 0.3 is 0 Å². The largest absolute Gasteiger partial charge is 0.454 e. The normalized spacial score (nSPS) is 11.5. The molecule has 0 bridgehead atoms. The van der Waals surface area contributed by atoms with Crippen LogP contribution in [0.15, 0.2) is 35.5 Å². The third-order valence-electron chi connectivity index (χ3n) is 2.96. The van der Waals surface area contributed by atoms with Crippen LogP contribution in [0.25, 0.3) is 0 Å². The van der Waals surface area contributed by atoms with E-state index in [4.69, 9.17) is 27.3 Å². The molecular weight excluding hydrogens is 290 g/mol. The van der Waals surface area contributed by atoms with Gasteiger partial charge in [0.05, 0.1) is 10.7 Å². The van der Waals surface area contributed by atoms with E-state index in [2.05, 4.69) is 10.1 Å². The minimum atomic E-state index is -0.00491. The maximum atomic E-state index is 8.66. The molecular formula is C15H16ClN3O2. The second-order valence-electron chi connectivity index (χ2n) is 4.48. The van der Waals surface area contributed by atoms with Crippen LogP contribution in [0.2, 0.25) is 5.02 Å². The Balaban J connectivity index is 2.32. The van der Waals surface area contributed by atoms with Crippen LogP contribution >= 0.6 is 11.6 Å². The summed E-state index contributed by atoms with van der Waals surface area (Å²) < 4.78 is 5.82. The summed E-state index contributed by atoms with van der Waals surface area (Å²) in [5.41, 5.74) is 7.84. The number of nitrogens with zero attached hydrogens (tertiary/aromatic N) is 2. The molecule has 0 fully saturated rings. The predicted octanol–water partition coefficient (Wildman–Crippen LogP) is 3.49. The number of amidine groups is 1. The molecule has 3 N–H and O–H groups in total. The van der Waals surface area contributed by atoms with Crippen molar-refractivity contribution in [1.29, 1.82) is 0 Å². The van der Waals surface area contributed by atoms with Crippen molar-refractivity contribution in [1.82, 2.24) is 4.98 Å². The van der Waals surface area contributed by atoms with Crippen molar-refractivity contribution in [3.63, 3.8) is 0 Å². The van der Waals surface area contributed by atoms with E-state index >= 15 is 0 Å². The first kappa shape index (κ1) is 15.1. The van der Waals surface area contributed by atoms with Gasteiger partial charge in [-0.25, -0.2) is 0 Å². The fourth-order valence-corrected chi connectivity index (χ4v) is 2.08. The molecule has 0 aliphatic heterocycles. The number of ether oxygens (including phenoxy) is 1. The van der Waals surface area contributed by atoms with Gasteiger partial charge in [-0.1, -0.05) is 23.7 Å². The quantitative estimate of drug-likeness (QED) is 0.392. The average molecular weight is 306 g/mol. The maximum absolute atomic E-state index is 8.66. The Hall–Kier alpha value is -2.27. The fraction of sp³-hybridized carbons (Fsp3) is 0.200. The van der Waals surface area contributed by atoms with Crippen molar-refractivity contribution in [2.75, 3.05) is 0 Å². The molecule has 1 heterocycles.